The standard InChI is InChI=1S/6C24H17N/c3*1-3-11-20-16(8-1)18-10-5-6-14-22(18)25-23-15-7-13-19(23)17-9-2-4-12-21(17)24(20)25;3*1-2-11-20-16(8-1)18-9-3-5-14-22(18)25-23-15-6-4-10-19(23)17-12-7-13-21(17)24(20)25/h1-6,8-15,24H,7H2;1-12,14-15,24H,13H2;1-14,24H,15H2;1-6,8-15,24H,7H2;1-11,13-15,24H,12H2;1-12,14-15,24H,13H2. The van der Waals surface area contributed by atoms with Crippen molar-refractivity contribution >= 4 is 84.6 Å². The first-order chi connectivity index (χ1) is 74.6. The van der Waals surface area contributed by atoms with Crippen LogP contribution in [0.5, 0.6) is 0 Å². The van der Waals surface area contributed by atoms with E-state index in [-0.39, 0.29) is 30.2 Å². The summed E-state index contributed by atoms with van der Waals surface area (Å²) in [6.45, 7) is 0. The fraction of sp³-hybridized carbons (Fsp3) is 0.0833. The second kappa shape index (κ2) is 34.7. The van der Waals surface area contributed by atoms with Crippen molar-refractivity contribution in [3.05, 3.63) is 627 Å². The molecule has 6 heteroatoms. The molecule has 0 amide bonds. The van der Waals surface area contributed by atoms with E-state index in [1.807, 2.05) is 0 Å². The van der Waals surface area contributed by atoms with E-state index in [1.54, 1.807) is 0 Å². The number of para-hydroxylation sites is 9. The zero-order valence-electron chi connectivity index (χ0n) is 82.9. The molecule has 0 saturated carbocycles. The number of hydrogen-bond donors (Lipinski definition) is 0. The van der Waals surface area contributed by atoms with Gasteiger partial charge in [-0.3, -0.25) is 0 Å². The Balaban J connectivity index is 0.0000000810. The lowest BCUT2D eigenvalue weighted by molar-refractivity contribution is 0.751. The van der Waals surface area contributed by atoms with Gasteiger partial charge in [-0.25, -0.2) is 0 Å². The van der Waals surface area contributed by atoms with Crippen molar-refractivity contribution in [2.45, 2.75) is 74.8 Å². The summed E-state index contributed by atoms with van der Waals surface area (Å²) in [5.41, 5.74) is 66.3. The first kappa shape index (κ1) is 86.0. The summed E-state index contributed by atoms with van der Waals surface area (Å²) >= 11 is 0. The van der Waals surface area contributed by atoms with Gasteiger partial charge >= 0.3 is 0 Å². The normalized spacial score (nSPS) is 19.0. The van der Waals surface area contributed by atoms with Crippen LogP contribution in [-0.4, -0.2) is 0 Å². The Hall–Kier alpha value is -18.4. The Morgan fingerprint density at radius 2 is 0.473 bits per heavy atom. The molecule has 0 bridgehead atoms. The maximum atomic E-state index is 2.58. The molecule has 18 aromatic carbocycles. The number of anilines is 9. The van der Waals surface area contributed by atoms with Crippen molar-refractivity contribution < 1.29 is 0 Å². The van der Waals surface area contributed by atoms with Gasteiger partial charge in [0, 0.05) is 136 Å². The highest BCUT2D eigenvalue weighted by Gasteiger charge is 2.49. The van der Waals surface area contributed by atoms with Gasteiger partial charge in [-0.15, -0.1) is 0 Å². The Morgan fingerprint density at radius 3 is 0.987 bits per heavy atom. The Morgan fingerprint density at radius 1 is 0.173 bits per heavy atom. The molecule has 0 spiro atoms. The molecule has 12 heterocycles. The minimum Gasteiger partial charge on any atom is -0.332 e. The van der Waals surface area contributed by atoms with Gasteiger partial charge in [0.05, 0.1) is 36.3 Å². The van der Waals surface area contributed by atoms with Gasteiger partial charge in [-0.05, 0) is 232 Å². The first-order valence-corrected chi connectivity index (χ1v) is 53.4. The number of fused-ring (bicyclic) bond motifs is 62. The zero-order valence-corrected chi connectivity index (χ0v) is 82.9. The lowest BCUT2D eigenvalue weighted by Crippen LogP contribution is -2.36. The first-order valence-electron chi connectivity index (χ1n) is 53.4. The van der Waals surface area contributed by atoms with Gasteiger partial charge in [0.2, 0.25) is 0 Å². The molecule has 0 saturated heterocycles. The van der Waals surface area contributed by atoms with Crippen LogP contribution in [-0.2, 0) is 0 Å². The zero-order chi connectivity index (χ0) is 98.3. The molecule has 0 fully saturated rings. The van der Waals surface area contributed by atoms with Crippen LogP contribution < -0.4 is 29.4 Å². The molecule has 150 heavy (non-hydrogen) atoms. The Labute approximate surface area is 876 Å². The van der Waals surface area contributed by atoms with Gasteiger partial charge in [0.1, 0.15) is 0 Å². The van der Waals surface area contributed by atoms with Crippen molar-refractivity contribution in [2.24, 2.45) is 0 Å². The summed E-state index contributed by atoms with van der Waals surface area (Å²) in [5.74, 6) is 0. The minimum atomic E-state index is 0.254. The number of allylic oxidation sites excluding steroid dienone is 16. The highest BCUT2D eigenvalue weighted by molar-refractivity contribution is 6.06. The lowest BCUT2D eigenvalue weighted by Gasteiger charge is -2.45. The third-order valence-electron chi connectivity index (χ3n) is 34.2. The summed E-state index contributed by atoms with van der Waals surface area (Å²) in [7, 11) is 0. The van der Waals surface area contributed by atoms with Crippen LogP contribution >= 0.6 is 0 Å². The van der Waals surface area contributed by atoms with Gasteiger partial charge < -0.3 is 29.4 Å². The lowest BCUT2D eigenvalue weighted by atomic mass is 9.78. The van der Waals surface area contributed by atoms with Crippen molar-refractivity contribution in [1.29, 1.82) is 0 Å². The molecule has 708 valence electrons. The quantitative estimate of drug-likeness (QED) is 0.150. The molecule has 18 aliphatic rings. The van der Waals surface area contributed by atoms with Crippen LogP contribution in [0.1, 0.15) is 158 Å². The van der Waals surface area contributed by atoms with Crippen molar-refractivity contribution in [1.82, 2.24) is 0 Å². The van der Waals surface area contributed by atoms with Crippen molar-refractivity contribution in [3.8, 4) is 66.8 Å². The van der Waals surface area contributed by atoms with E-state index in [0.717, 1.165) is 38.5 Å². The van der Waals surface area contributed by atoms with E-state index < -0.39 is 0 Å². The molecular formula is C144H102N6. The highest BCUT2D eigenvalue weighted by Crippen LogP contribution is 2.66. The molecule has 6 nitrogen and oxygen atoms in total. The average Bonchev–Trinajstić information content (AvgIpc) is 1.21. The van der Waals surface area contributed by atoms with E-state index in [4.69, 9.17) is 0 Å². The Kier molecular flexibility index (Phi) is 19.9. The van der Waals surface area contributed by atoms with E-state index >= 15 is 0 Å². The monoisotopic (exact) mass is 1910 g/mol. The smallest absolute Gasteiger partial charge is 0.0857 e. The van der Waals surface area contributed by atoms with E-state index in [9.17, 15) is 0 Å². The maximum absolute atomic E-state index is 2.58. The molecule has 18 aromatic rings. The van der Waals surface area contributed by atoms with Crippen LogP contribution in [0.2, 0.25) is 0 Å². The van der Waals surface area contributed by atoms with Gasteiger partial charge in [-0.2, -0.15) is 0 Å². The number of rotatable bonds is 0. The molecular weight excluding hydrogens is 1810 g/mol. The molecule has 12 aliphatic heterocycles. The van der Waals surface area contributed by atoms with Crippen molar-refractivity contribution in [3.63, 3.8) is 0 Å². The van der Waals surface area contributed by atoms with E-state index in [0.29, 0.717) is 6.04 Å². The van der Waals surface area contributed by atoms with Crippen LogP contribution in [0.15, 0.2) is 544 Å². The third kappa shape index (κ3) is 12.9. The van der Waals surface area contributed by atoms with Crippen LogP contribution in [0.25, 0.3) is 100 Å². The van der Waals surface area contributed by atoms with Gasteiger partial charge in [0.25, 0.3) is 0 Å². The van der Waals surface area contributed by atoms with E-state index in [2.05, 4.69) is 539 Å². The number of nitrogens with zero attached hydrogens (tertiary/aromatic N) is 6. The summed E-state index contributed by atoms with van der Waals surface area (Å²) < 4.78 is 0. The van der Waals surface area contributed by atoms with E-state index in [1.165, 1.54) is 269 Å². The molecule has 0 aromatic heterocycles. The third-order valence-corrected chi connectivity index (χ3v) is 34.2. The Bertz CT molecular complexity index is 8720. The van der Waals surface area contributed by atoms with Crippen LogP contribution in [0.4, 0.5) is 51.2 Å². The van der Waals surface area contributed by atoms with Crippen LogP contribution in [0.3, 0.4) is 0 Å². The summed E-state index contributed by atoms with van der Waals surface area (Å²) in [6, 6.07) is 161. The predicted molar refractivity (Wildman–Crippen MR) is 622 cm³/mol. The highest BCUT2D eigenvalue weighted by atomic mass is 15.2. The second-order valence-corrected chi connectivity index (χ2v) is 41.6. The topological polar surface area (TPSA) is 19.4 Å². The number of hydrogen-bond acceptors (Lipinski definition) is 6. The summed E-state index contributed by atoms with van der Waals surface area (Å²) in [6.07, 6.45) is 34.2. The van der Waals surface area contributed by atoms with Crippen molar-refractivity contribution in [2.75, 3.05) is 29.4 Å². The minimum absolute atomic E-state index is 0.254. The summed E-state index contributed by atoms with van der Waals surface area (Å²) in [4.78, 5) is 15.3. The van der Waals surface area contributed by atoms with Gasteiger partial charge in [-0.1, -0.05) is 449 Å². The van der Waals surface area contributed by atoms with Gasteiger partial charge in [0.15, 0.2) is 0 Å². The van der Waals surface area contributed by atoms with Crippen LogP contribution in [0, 0.1) is 0 Å². The molecule has 6 aliphatic carbocycles. The molecule has 0 N–H and O–H groups in total. The molecule has 36 rings (SSSR count). The molecule has 6 unspecified atom stereocenters. The molecule has 6 atom stereocenters. The summed E-state index contributed by atoms with van der Waals surface area (Å²) in [5, 5.41) is 0. The fourth-order valence-electron chi connectivity index (χ4n) is 28.3. The molecule has 0 radical (unpaired) electrons. The maximum Gasteiger partial charge on any atom is 0.0857 e. The second-order valence-electron chi connectivity index (χ2n) is 41.6. The largest absolute Gasteiger partial charge is 0.332 e. The predicted octanol–water partition coefficient (Wildman–Crippen LogP) is 36.7. The fourth-order valence-corrected chi connectivity index (χ4v) is 28.3. The number of benzene rings is 18. The SMILES string of the molecule is C1=C2C(=CC1)C1c3ccccc3-c3ccccc3N1c1ccccc12.C1=C2C(=CC1)N1c3ccccc3-c3ccccc3C1c1ccccc12.C1=CC2=C(C1)C1c3ccccc3-c3ccccc3N1c1ccccc12.C1=CC2=C(C1)N1c3ccccc3-c3ccccc3C1c1ccccc12.C1=CC2=C(C1)c1ccccc1C1c3ccccc3-c3ccccc3N21.C1=CC2=C(C1)c1ccccc1N1c3ccccc3-c3ccccc3C21. The average molecular weight is 1920 g/mol.